The molecule has 1 aliphatic rings. The predicted molar refractivity (Wildman–Crippen MR) is 69.8 cm³/mol. The Hall–Kier alpha value is -1.83. The summed E-state index contributed by atoms with van der Waals surface area (Å²) in [6.07, 6.45) is 0.965. The van der Waals surface area contributed by atoms with Gasteiger partial charge in [-0.05, 0) is 37.8 Å². The molecule has 1 aliphatic carbocycles. The van der Waals surface area contributed by atoms with Crippen LogP contribution in [0.1, 0.15) is 39.8 Å². The van der Waals surface area contributed by atoms with E-state index in [-0.39, 0.29) is 11.7 Å². The van der Waals surface area contributed by atoms with E-state index in [0.717, 1.165) is 23.5 Å². The Morgan fingerprint density at radius 1 is 1.22 bits per heavy atom. The predicted octanol–water partition coefficient (Wildman–Crippen LogP) is 3.88. The monoisotopic (exact) mass is 240 g/mol. The molecule has 1 aromatic carbocycles. The highest BCUT2D eigenvalue weighted by molar-refractivity contribution is 6.01. The number of benzene rings is 1. The quantitative estimate of drug-likeness (QED) is 0.762. The van der Waals surface area contributed by atoms with Crippen LogP contribution in [0.3, 0.4) is 0 Å². The lowest BCUT2D eigenvalue weighted by molar-refractivity contribution is 0.0963. The van der Waals surface area contributed by atoms with E-state index in [9.17, 15) is 4.79 Å². The first-order chi connectivity index (χ1) is 8.66. The zero-order chi connectivity index (χ0) is 12.7. The van der Waals surface area contributed by atoms with Crippen molar-refractivity contribution in [3.05, 3.63) is 59.0 Å². The normalized spacial score (nSPS) is 21.9. The molecule has 0 saturated heterocycles. The maximum atomic E-state index is 12.4. The smallest absolute Gasteiger partial charge is 0.170 e. The number of Topliss-reactive ketones (excluding diaryl/α,β-unsaturated/α-hetero) is 1. The van der Waals surface area contributed by atoms with Gasteiger partial charge in [-0.3, -0.25) is 4.79 Å². The topological polar surface area (TPSA) is 30.2 Å². The first-order valence-electron chi connectivity index (χ1n) is 6.33. The van der Waals surface area contributed by atoms with Gasteiger partial charge in [0, 0.05) is 5.92 Å². The fraction of sp³-hybridized carbons (Fsp3) is 0.312. The van der Waals surface area contributed by atoms with E-state index in [2.05, 4.69) is 12.1 Å². The fourth-order valence-corrected chi connectivity index (χ4v) is 2.63. The van der Waals surface area contributed by atoms with Gasteiger partial charge in [0.2, 0.25) is 0 Å². The van der Waals surface area contributed by atoms with Gasteiger partial charge in [0.15, 0.2) is 5.78 Å². The summed E-state index contributed by atoms with van der Waals surface area (Å²) < 4.78 is 5.43. The SMILES string of the molecule is Cc1cc(C(=O)C2CC2c2ccccc2)c(C)o1. The van der Waals surface area contributed by atoms with Gasteiger partial charge >= 0.3 is 0 Å². The fourth-order valence-electron chi connectivity index (χ4n) is 2.63. The minimum Gasteiger partial charge on any atom is -0.466 e. The lowest BCUT2D eigenvalue weighted by Crippen LogP contribution is -2.03. The Morgan fingerprint density at radius 2 is 1.94 bits per heavy atom. The third-order valence-corrected chi connectivity index (χ3v) is 3.66. The van der Waals surface area contributed by atoms with Crippen molar-refractivity contribution in [2.75, 3.05) is 0 Å². The van der Waals surface area contributed by atoms with Crippen molar-refractivity contribution in [2.24, 2.45) is 5.92 Å². The van der Waals surface area contributed by atoms with Gasteiger partial charge in [0.25, 0.3) is 0 Å². The van der Waals surface area contributed by atoms with Crippen molar-refractivity contribution in [3.8, 4) is 0 Å². The number of carbonyl (C=O) groups excluding carboxylic acids is 1. The summed E-state index contributed by atoms with van der Waals surface area (Å²) in [7, 11) is 0. The highest BCUT2D eigenvalue weighted by atomic mass is 16.3. The molecule has 18 heavy (non-hydrogen) atoms. The standard InChI is InChI=1S/C16H16O2/c1-10-8-13(11(2)18-10)16(17)15-9-14(15)12-6-4-3-5-7-12/h3-8,14-15H,9H2,1-2H3. The number of aryl methyl sites for hydroxylation is 2. The van der Waals surface area contributed by atoms with Crippen LogP contribution >= 0.6 is 0 Å². The summed E-state index contributed by atoms with van der Waals surface area (Å²) in [4.78, 5) is 12.4. The molecular formula is C16H16O2. The lowest BCUT2D eigenvalue weighted by Gasteiger charge is -1.99. The molecule has 0 amide bonds. The maximum Gasteiger partial charge on any atom is 0.170 e. The molecule has 0 bridgehead atoms. The van der Waals surface area contributed by atoms with Crippen LogP contribution in [0.25, 0.3) is 0 Å². The minimum absolute atomic E-state index is 0.142. The maximum absolute atomic E-state index is 12.4. The molecule has 1 aromatic heterocycles. The van der Waals surface area contributed by atoms with Crippen LogP contribution in [0.4, 0.5) is 0 Å². The molecule has 0 N–H and O–H groups in total. The summed E-state index contributed by atoms with van der Waals surface area (Å²) in [5, 5.41) is 0. The summed E-state index contributed by atoms with van der Waals surface area (Å²) in [6.45, 7) is 3.74. The molecule has 1 saturated carbocycles. The Kier molecular flexibility index (Phi) is 2.58. The Balaban J connectivity index is 1.79. The molecule has 2 aromatic rings. The zero-order valence-corrected chi connectivity index (χ0v) is 10.6. The number of hydrogen-bond donors (Lipinski definition) is 0. The van der Waals surface area contributed by atoms with Gasteiger partial charge in [-0.2, -0.15) is 0 Å². The van der Waals surface area contributed by atoms with Crippen LogP contribution in [0.2, 0.25) is 0 Å². The van der Waals surface area contributed by atoms with Crippen molar-refractivity contribution >= 4 is 5.78 Å². The zero-order valence-electron chi connectivity index (χ0n) is 10.6. The van der Waals surface area contributed by atoms with Crippen molar-refractivity contribution in [3.63, 3.8) is 0 Å². The van der Waals surface area contributed by atoms with Crippen molar-refractivity contribution in [1.29, 1.82) is 0 Å². The van der Waals surface area contributed by atoms with Gasteiger partial charge in [-0.25, -0.2) is 0 Å². The molecule has 1 heterocycles. The van der Waals surface area contributed by atoms with Crippen LogP contribution in [-0.2, 0) is 0 Å². The largest absolute Gasteiger partial charge is 0.466 e. The van der Waals surface area contributed by atoms with E-state index in [1.165, 1.54) is 5.56 Å². The van der Waals surface area contributed by atoms with Gasteiger partial charge in [0.1, 0.15) is 11.5 Å². The van der Waals surface area contributed by atoms with E-state index in [4.69, 9.17) is 4.42 Å². The van der Waals surface area contributed by atoms with Crippen LogP contribution < -0.4 is 0 Å². The second-order valence-corrected chi connectivity index (χ2v) is 5.05. The molecule has 2 nitrogen and oxygen atoms in total. The number of carbonyl (C=O) groups is 1. The number of rotatable bonds is 3. The summed E-state index contributed by atoms with van der Waals surface area (Å²) >= 11 is 0. The molecule has 2 unspecified atom stereocenters. The highest BCUT2D eigenvalue weighted by Crippen LogP contribution is 2.49. The van der Waals surface area contributed by atoms with Crippen molar-refractivity contribution < 1.29 is 9.21 Å². The molecule has 3 rings (SSSR count). The summed E-state index contributed by atoms with van der Waals surface area (Å²) in [5.74, 6) is 2.33. The summed E-state index contributed by atoms with van der Waals surface area (Å²) in [6, 6.07) is 12.1. The van der Waals surface area contributed by atoms with Gasteiger partial charge in [-0.1, -0.05) is 30.3 Å². The van der Waals surface area contributed by atoms with E-state index >= 15 is 0 Å². The Labute approximate surface area is 107 Å². The first-order valence-corrected chi connectivity index (χ1v) is 6.33. The Bertz CT molecular complexity index is 580. The van der Waals surface area contributed by atoms with Crippen LogP contribution in [-0.4, -0.2) is 5.78 Å². The van der Waals surface area contributed by atoms with Crippen molar-refractivity contribution in [1.82, 2.24) is 0 Å². The first kappa shape index (κ1) is 11.3. The molecule has 92 valence electrons. The number of hydrogen-bond acceptors (Lipinski definition) is 2. The third kappa shape index (κ3) is 1.88. The Morgan fingerprint density at radius 3 is 2.56 bits per heavy atom. The molecule has 0 radical (unpaired) electrons. The second kappa shape index (κ2) is 4.13. The molecule has 1 fully saturated rings. The average Bonchev–Trinajstić information content (AvgIpc) is 3.10. The molecular weight excluding hydrogens is 224 g/mol. The number of ketones is 1. The second-order valence-electron chi connectivity index (χ2n) is 5.05. The number of furan rings is 1. The molecule has 2 atom stereocenters. The van der Waals surface area contributed by atoms with Crippen LogP contribution in [0.5, 0.6) is 0 Å². The van der Waals surface area contributed by atoms with E-state index in [1.807, 2.05) is 38.1 Å². The van der Waals surface area contributed by atoms with Gasteiger partial charge < -0.3 is 4.42 Å². The highest BCUT2D eigenvalue weighted by Gasteiger charge is 2.44. The van der Waals surface area contributed by atoms with Gasteiger partial charge in [-0.15, -0.1) is 0 Å². The molecule has 0 spiro atoms. The van der Waals surface area contributed by atoms with Gasteiger partial charge in [0.05, 0.1) is 5.56 Å². The van der Waals surface area contributed by atoms with Crippen molar-refractivity contribution in [2.45, 2.75) is 26.2 Å². The minimum atomic E-state index is 0.142. The van der Waals surface area contributed by atoms with Crippen LogP contribution in [0.15, 0.2) is 40.8 Å². The summed E-state index contributed by atoms with van der Waals surface area (Å²) in [5.41, 5.74) is 2.03. The van der Waals surface area contributed by atoms with E-state index in [1.54, 1.807) is 0 Å². The third-order valence-electron chi connectivity index (χ3n) is 3.66. The van der Waals surface area contributed by atoms with E-state index in [0.29, 0.717) is 5.92 Å². The lowest BCUT2D eigenvalue weighted by atomic mass is 10.0. The molecule has 2 heteroatoms. The molecule has 0 aliphatic heterocycles. The van der Waals surface area contributed by atoms with E-state index < -0.39 is 0 Å². The van der Waals surface area contributed by atoms with Crippen LogP contribution in [0, 0.1) is 19.8 Å². The average molecular weight is 240 g/mol.